The third-order valence-corrected chi connectivity index (χ3v) is 5.53. The van der Waals surface area contributed by atoms with E-state index in [2.05, 4.69) is 31.8 Å². The number of hydrazone groups is 1. The van der Waals surface area contributed by atoms with E-state index in [4.69, 9.17) is 16.7 Å². The number of aromatic nitrogens is 2. The first-order valence-corrected chi connectivity index (χ1v) is 11.4. The van der Waals surface area contributed by atoms with E-state index in [0.717, 1.165) is 21.3 Å². The number of carbonyl (C=O) groups is 2. The molecule has 0 bridgehead atoms. The van der Waals surface area contributed by atoms with Gasteiger partial charge in [0.2, 0.25) is 0 Å². The summed E-state index contributed by atoms with van der Waals surface area (Å²) in [6.45, 7) is -0.231. The first-order valence-electron chi connectivity index (χ1n) is 10.3. The normalized spacial score (nSPS) is 10.9. The quantitative estimate of drug-likeness (QED) is 0.262. The number of rotatable bonds is 7. The van der Waals surface area contributed by atoms with E-state index in [0.29, 0.717) is 16.3 Å². The average Bonchev–Trinajstić information content (AvgIpc) is 3.27. The fourth-order valence-corrected chi connectivity index (χ4v) is 3.59. The summed E-state index contributed by atoms with van der Waals surface area (Å²) in [6.07, 6.45) is 3.36. The van der Waals surface area contributed by atoms with Crippen molar-refractivity contribution in [2.45, 2.75) is 0 Å². The van der Waals surface area contributed by atoms with Crippen LogP contribution in [0.2, 0.25) is 5.02 Å². The molecule has 34 heavy (non-hydrogen) atoms. The van der Waals surface area contributed by atoms with Gasteiger partial charge in [0.1, 0.15) is 5.69 Å². The van der Waals surface area contributed by atoms with Crippen LogP contribution in [0.25, 0.3) is 16.9 Å². The summed E-state index contributed by atoms with van der Waals surface area (Å²) in [5.41, 5.74) is 6.03. The van der Waals surface area contributed by atoms with E-state index < -0.39 is 11.8 Å². The Morgan fingerprint density at radius 3 is 2.53 bits per heavy atom. The highest BCUT2D eigenvalue weighted by Gasteiger charge is 2.12. The lowest BCUT2D eigenvalue weighted by Gasteiger charge is -2.04. The van der Waals surface area contributed by atoms with E-state index in [1.807, 2.05) is 60.8 Å². The van der Waals surface area contributed by atoms with E-state index in [-0.39, 0.29) is 6.54 Å². The lowest BCUT2D eigenvalue weighted by Crippen LogP contribution is -2.34. The van der Waals surface area contributed by atoms with Crippen molar-refractivity contribution in [3.8, 4) is 16.9 Å². The van der Waals surface area contributed by atoms with Gasteiger partial charge in [-0.05, 0) is 42.5 Å². The van der Waals surface area contributed by atoms with Crippen molar-refractivity contribution < 1.29 is 9.59 Å². The molecule has 0 aliphatic rings. The van der Waals surface area contributed by atoms with E-state index in [1.165, 1.54) is 12.3 Å². The van der Waals surface area contributed by atoms with Gasteiger partial charge in [0.25, 0.3) is 11.8 Å². The number of nitrogens with zero attached hydrogens (tertiary/aromatic N) is 3. The highest BCUT2D eigenvalue weighted by Crippen LogP contribution is 2.24. The van der Waals surface area contributed by atoms with Crippen molar-refractivity contribution in [3.05, 3.63) is 106 Å². The molecule has 0 spiro atoms. The minimum atomic E-state index is -0.465. The highest BCUT2D eigenvalue weighted by molar-refractivity contribution is 9.10. The molecule has 0 aliphatic carbocycles. The Kier molecular flexibility index (Phi) is 7.51. The molecule has 1 aromatic heterocycles. The van der Waals surface area contributed by atoms with Crippen molar-refractivity contribution >= 4 is 45.6 Å². The first kappa shape index (κ1) is 23.4. The third kappa shape index (κ3) is 5.98. The SMILES string of the molecule is O=C(CNC(=O)c1cccc(Cl)c1)N/N=C/c1cn(-c2ccccc2)nc1-c1ccc(Br)cc1. The predicted molar refractivity (Wildman–Crippen MR) is 136 cm³/mol. The molecule has 2 amide bonds. The topological polar surface area (TPSA) is 88.4 Å². The molecule has 0 aliphatic heterocycles. The Bertz CT molecular complexity index is 1340. The van der Waals surface area contributed by atoms with Gasteiger partial charge in [-0.25, -0.2) is 10.1 Å². The van der Waals surface area contributed by atoms with Gasteiger partial charge in [0.05, 0.1) is 18.4 Å². The molecule has 0 atom stereocenters. The maximum atomic E-state index is 12.2. The molecule has 0 radical (unpaired) electrons. The van der Waals surface area contributed by atoms with Crippen molar-refractivity contribution in [1.82, 2.24) is 20.5 Å². The predicted octanol–water partition coefficient (Wildman–Crippen LogP) is 4.84. The molecule has 4 aromatic rings. The largest absolute Gasteiger partial charge is 0.343 e. The zero-order chi connectivity index (χ0) is 23.9. The highest BCUT2D eigenvalue weighted by atomic mass is 79.9. The van der Waals surface area contributed by atoms with Gasteiger partial charge in [0.15, 0.2) is 0 Å². The third-order valence-electron chi connectivity index (χ3n) is 4.77. The smallest absolute Gasteiger partial charge is 0.259 e. The maximum Gasteiger partial charge on any atom is 0.259 e. The summed E-state index contributed by atoms with van der Waals surface area (Å²) in [6, 6.07) is 23.9. The van der Waals surface area contributed by atoms with Gasteiger partial charge >= 0.3 is 0 Å². The van der Waals surface area contributed by atoms with Crippen molar-refractivity contribution in [3.63, 3.8) is 0 Å². The monoisotopic (exact) mass is 535 g/mol. The van der Waals surface area contributed by atoms with Crippen LogP contribution in [0.3, 0.4) is 0 Å². The van der Waals surface area contributed by atoms with Gasteiger partial charge in [-0.15, -0.1) is 0 Å². The Balaban J connectivity index is 1.46. The number of carbonyl (C=O) groups excluding carboxylic acids is 2. The van der Waals surface area contributed by atoms with Crippen LogP contribution < -0.4 is 10.7 Å². The summed E-state index contributed by atoms with van der Waals surface area (Å²) in [5.74, 6) is -0.865. The number of halogens is 2. The van der Waals surface area contributed by atoms with Crippen LogP contribution in [-0.2, 0) is 4.79 Å². The van der Waals surface area contributed by atoms with Gasteiger partial charge in [-0.3, -0.25) is 9.59 Å². The number of nitrogens with one attached hydrogen (secondary N) is 2. The van der Waals surface area contributed by atoms with Crippen LogP contribution in [-0.4, -0.2) is 34.4 Å². The van der Waals surface area contributed by atoms with Gasteiger partial charge in [0, 0.05) is 32.4 Å². The van der Waals surface area contributed by atoms with Crippen LogP contribution in [0.15, 0.2) is 94.6 Å². The van der Waals surface area contributed by atoms with Crippen LogP contribution in [0.5, 0.6) is 0 Å². The summed E-state index contributed by atoms with van der Waals surface area (Å²) in [7, 11) is 0. The van der Waals surface area contributed by atoms with Crippen LogP contribution in [0.1, 0.15) is 15.9 Å². The van der Waals surface area contributed by atoms with Crippen molar-refractivity contribution in [1.29, 1.82) is 0 Å². The second-order valence-electron chi connectivity index (χ2n) is 7.21. The second kappa shape index (κ2) is 10.9. The number of para-hydroxylation sites is 1. The Labute approximate surface area is 209 Å². The summed E-state index contributed by atoms with van der Waals surface area (Å²) in [5, 5.41) is 11.7. The Morgan fingerprint density at radius 2 is 1.79 bits per heavy atom. The lowest BCUT2D eigenvalue weighted by molar-refractivity contribution is -0.120. The molecule has 0 fully saturated rings. The van der Waals surface area contributed by atoms with Gasteiger partial charge in [-0.1, -0.05) is 63.9 Å². The minimum Gasteiger partial charge on any atom is -0.343 e. The fraction of sp³-hybridized carbons (Fsp3) is 0.0400. The molecule has 4 rings (SSSR count). The standard InChI is InChI=1S/C25H19BrClN5O2/c26-20-11-9-17(10-12-20)24-19(16-32(31-24)22-7-2-1-3-8-22)14-29-30-23(33)15-28-25(34)18-5-4-6-21(27)13-18/h1-14,16H,15H2,(H,28,34)(H,30,33)/b29-14+. The molecule has 3 aromatic carbocycles. The summed E-state index contributed by atoms with van der Waals surface area (Å²) >= 11 is 9.34. The van der Waals surface area contributed by atoms with Crippen LogP contribution >= 0.6 is 27.5 Å². The molecule has 0 saturated carbocycles. The number of hydrogen-bond donors (Lipinski definition) is 2. The van der Waals surface area contributed by atoms with Crippen molar-refractivity contribution in [2.24, 2.45) is 5.10 Å². The average molecular weight is 537 g/mol. The maximum absolute atomic E-state index is 12.2. The van der Waals surface area contributed by atoms with E-state index in [9.17, 15) is 9.59 Å². The molecular weight excluding hydrogens is 518 g/mol. The number of benzene rings is 3. The zero-order valence-corrected chi connectivity index (χ0v) is 20.1. The van der Waals surface area contributed by atoms with Crippen LogP contribution in [0.4, 0.5) is 0 Å². The van der Waals surface area contributed by atoms with E-state index >= 15 is 0 Å². The van der Waals surface area contributed by atoms with Crippen molar-refractivity contribution in [2.75, 3.05) is 6.54 Å². The zero-order valence-electron chi connectivity index (χ0n) is 17.8. The van der Waals surface area contributed by atoms with Gasteiger partial charge < -0.3 is 5.32 Å². The second-order valence-corrected chi connectivity index (χ2v) is 8.56. The minimum absolute atomic E-state index is 0.231. The number of hydrogen-bond acceptors (Lipinski definition) is 4. The molecular formula is C25H19BrClN5O2. The molecule has 0 unspecified atom stereocenters. The summed E-state index contributed by atoms with van der Waals surface area (Å²) in [4.78, 5) is 24.3. The molecule has 0 saturated heterocycles. The molecule has 9 heteroatoms. The first-order chi connectivity index (χ1) is 16.5. The lowest BCUT2D eigenvalue weighted by atomic mass is 10.1. The van der Waals surface area contributed by atoms with Crippen LogP contribution in [0, 0.1) is 0 Å². The molecule has 1 heterocycles. The Hall–Kier alpha value is -3.75. The molecule has 2 N–H and O–H groups in total. The molecule has 170 valence electrons. The Morgan fingerprint density at radius 1 is 1.03 bits per heavy atom. The summed E-state index contributed by atoms with van der Waals surface area (Å²) < 4.78 is 2.72. The number of amides is 2. The molecule has 7 nitrogen and oxygen atoms in total. The fourth-order valence-electron chi connectivity index (χ4n) is 3.13. The van der Waals surface area contributed by atoms with E-state index in [1.54, 1.807) is 22.9 Å². The van der Waals surface area contributed by atoms with Gasteiger partial charge in [-0.2, -0.15) is 10.2 Å².